The topological polar surface area (TPSA) is 51.8 Å². The van der Waals surface area contributed by atoms with Crippen molar-refractivity contribution in [2.45, 2.75) is 5.41 Å². The molecule has 0 N–H and O–H groups in total. The van der Waals surface area contributed by atoms with Crippen molar-refractivity contribution in [2.75, 3.05) is 0 Å². The van der Waals surface area contributed by atoms with Gasteiger partial charge >= 0.3 is 0 Å². The molecule has 2 aliphatic rings. The van der Waals surface area contributed by atoms with Gasteiger partial charge in [-0.15, -0.1) is 0 Å². The van der Waals surface area contributed by atoms with Crippen LogP contribution in [0.5, 0.6) is 0 Å². The number of hydrogen-bond acceptors (Lipinski definition) is 4. The summed E-state index contributed by atoms with van der Waals surface area (Å²) in [7, 11) is 0. The number of furan rings is 1. The van der Waals surface area contributed by atoms with Crippen molar-refractivity contribution < 1.29 is 4.42 Å². The molecule has 1 spiro atoms. The minimum absolute atomic E-state index is 0.619. The molecule has 0 radical (unpaired) electrons. The van der Waals surface area contributed by atoms with Crippen LogP contribution >= 0.6 is 0 Å². The van der Waals surface area contributed by atoms with E-state index in [-0.39, 0.29) is 0 Å². The van der Waals surface area contributed by atoms with Crippen LogP contribution in [-0.2, 0) is 5.41 Å². The van der Waals surface area contributed by atoms with Gasteiger partial charge in [-0.2, -0.15) is 0 Å². The molecule has 0 amide bonds. The van der Waals surface area contributed by atoms with E-state index < -0.39 is 5.41 Å². The molecule has 2 aromatic heterocycles. The van der Waals surface area contributed by atoms with Crippen LogP contribution < -0.4 is 0 Å². The molecule has 0 aliphatic heterocycles. The van der Waals surface area contributed by atoms with Crippen LogP contribution in [0.15, 0.2) is 205 Å². The number of benzene rings is 8. The van der Waals surface area contributed by atoms with Gasteiger partial charge < -0.3 is 4.42 Å². The summed E-state index contributed by atoms with van der Waals surface area (Å²) in [4.78, 5) is 15.5. The van der Waals surface area contributed by atoms with Crippen molar-refractivity contribution in [1.29, 1.82) is 0 Å². The number of aromatic nitrogens is 3. The Hall–Kier alpha value is -7.69. The third-order valence-corrected chi connectivity index (χ3v) is 12.0. The largest absolute Gasteiger partial charge is 0.459 e. The fourth-order valence-corrected chi connectivity index (χ4v) is 9.45. The van der Waals surface area contributed by atoms with E-state index in [4.69, 9.17) is 19.4 Å². The smallest absolute Gasteiger partial charge is 0.164 e. The molecule has 0 bridgehead atoms. The van der Waals surface area contributed by atoms with E-state index in [1.54, 1.807) is 0 Å². The summed E-state index contributed by atoms with van der Waals surface area (Å²) in [6.07, 6.45) is 0. The van der Waals surface area contributed by atoms with E-state index in [9.17, 15) is 0 Å². The summed E-state index contributed by atoms with van der Waals surface area (Å²) in [5, 5.41) is 1.14. The third kappa shape index (κ3) is 4.72. The van der Waals surface area contributed by atoms with Crippen LogP contribution in [0.2, 0.25) is 0 Å². The lowest BCUT2D eigenvalue weighted by Crippen LogP contribution is -2.25. The molecule has 8 aromatic carbocycles. The lowest BCUT2D eigenvalue weighted by molar-refractivity contribution is 0.507. The Balaban J connectivity index is 1.07. The van der Waals surface area contributed by atoms with Crippen molar-refractivity contribution >= 4 is 11.0 Å². The highest BCUT2D eigenvalue weighted by atomic mass is 16.3. The second-order valence-electron chi connectivity index (χ2n) is 15.1. The average Bonchev–Trinajstić information content (AvgIpc) is 3.93. The van der Waals surface area contributed by atoms with Crippen molar-refractivity contribution in [1.82, 2.24) is 15.0 Å². The monoisotopic (exact) mass is 739 g/mol. The number of rotatable bonds is 5. The molecule has 1 atom stereocenters. The maximum Gasteiger partial charge on any atom is 0.164 e. The molecule has 0 saturated carbocycles. The fraction of sp³-hybridized carbons (Fsp3) is 0.0185. The molecule has 2 aliphatic carbocycles. The van der Waals surface area contributed by atoms with E-state index in [2.05, 4.69) is 176 Å². The van der Waals surface area contributed by atoms with Crippen LogP contribution in [0.3, 0.4) is 0 Å². The van der Waals surface area contributed by atoms with Gasteiger partial charge in [-0.1, -0.05) is 182 Å². The molecule has 12 rings (SSSR count). The second kappa shape index (κ2) is 12.7. The summed E-state index contributed by atoms with van der Waals surface area (Å²) < 4.78 is 7.00. The van der Waals surface area contributed by atoms with Crippen LogP contribution in [-0.4, -0.2) is 15.0 Å². The first-order chi connectivity index (χ1) is 28.8. The van der Waals surface area contributed by atoms with Gasteiger partial charge in [0.05, 0.1) is 0 Å². The van der Waals surface area contributed by atoms with Crippen LogP contribution in [0, 0.1) is 0 Å². The molecule has 0 saturated heterocycles. The van der Waals surface area contributed by atoms with E-state index in [1.165, 1.54) is 38.9 Å². The number of hydrogen-bond donors (Lipinski definition) is 0. The Morgan fingerprint density at radius 1 is 0.328 bits per heavy atom. The lowest BCUT2D eigenvalue weighted by atomic mass is 9.72. The van der Waals surface area contributed by atoms with Gasteiger partial charge in [-0.3, -0.25) is 0 Å². The summed E-state index contributed by atoms with van der Waals surface area (Å²) >= 11 is 0. The van der Waals surface area contributed by atoms with E-state index >= 15 is 0 Å². The van der Waals surface area contributed by atoms with E-state index in [1.807, 2.05) is 24.3 Å². The van der Waals surface area contributed by atoms with Crippen molar-refractivity contribution in [3.8, 4) is 78.7 Å². The van der Waals surface area contributed by atoms with Gasteiger partial charge in [-0.25, -0.2) is 15.0 Å². The highest BCUT2D eigenvalue weighted by Crippen LogP contribution is 2.64. The zero-order valence-corrected chi connectivity index (χ0v) is 31.3. The summed E-state index contributed by atoms with van der Waals surface area (Å²) in [5.41, 5.74) is 16.0. The first-order valence-corrected chi connectivity index (χ1v) is 19.7. The first kappa shape index (κ1) is 32.5. The van der Waals surface area contributed by atoms with Crippen molar-refractivity contribution in [3.05, 3.63) is 223 Å². The zero-order valence-electron chi connectivity index (χ0n) is 31.3. The molecule has 4 heteroatoms. The van der Waals surface area contributed by atoms with E-state index in [0.717, 1.165) is 55.7 Å². The second-order valence-corrected chi connectivity index (χ2v) is 15.1. The van der Waals surface area contributed by atoms with Crippen LogP contribution in [0.25, 0.3) is 89.6 Å². The number of nitrogens with zero attached hydrogens (tertiary/aromatic N) is 3. The molecule has 0 fully saturated rings. The first-order valence-electron chi connectivity index (χ1n) is 19.7. The minimum atomic E-state index is -0.619. The van der Waals surface area contributed by atoms with Crippen LogP contribution in [0.1, 0.15) is 22.5 Å². The van der Waals surface area contributed by atoms with Gasteiger partial charge in [0, 0.05) is 27.6 Å². The quantitative estimate of drug-likeness (QED) is 0.176. The number of fused-ring (bicyclic) bond motifs is 12. The van der Waals surface area contributed by atoms with Gasteiger partial charge in [0.15, 0.2) is 17.5 Å². The minimum Gasteiger partial charge on any atom is -0.459 e. The maximum atomic E-state index is 7.00. The predicted molar refractivity (Wildman–Crippen MR) is 233 cm³/mol. The molecular weight excluding hydrogens is 707 g/mol. The predicted octanol–water partition coefficient (Wildman–Crippen LogP) is 13.3. The molecule has 10 aromatic rings. The van der Waals surface area contributed by atoms with Crippen LogP contribution in [0.4, 0.5) is 0 Å². The number of para-hydroxylation sites is 1. The Bertz CT molecular complexity index is 3240. The van der Waals surface area contributed by atoms with Gasteiger partial charge in [0.1, 0.15) is 16.8 Å². The molecule has 270 valence electrons. The Morgan fingerprint density at radius 2 is 0.879 bits per heavy atom. The Labute approximate surface area is 335 Å². The van der Waals surface area contributed by atoms with Gasteiger partial charge in [-0.05, 0) is 73.8 Å². The highest BCUT2D eigenvalue weighted by Gasteiger charge is 2.55. The summed E-state index contributed by atoms with van der Waals surface area (Å²) in [5.74, 6) is 2.86. The Morgan fingerprint density at radius 3 is 1.67 bits per heavy atom. The van der Waals surface area contributed by atoms with Gasteiger partial charge in [0.2, 0.25) is 0 Å². The normalized spacial score (nSPS) is 14.6. The average molecular weight is 740 g/mol. The molecule has 1 unspecified atom stereocenters. The van der Waals surface area contributed by atoms with Crippen molar-refractivity contribution in [2.24, 2.45) is 0 Å². The lowest BCUT2D eigenvalue weighted by Gasteiger charge is -2.28. The third-order valence-electron chi connectivity index (χ3n) is 12.0. The zero-order chi connectivity index (χ0) is 38.2. The Kier molecular flexibility index (Phi) is 7.11. The van der Waals surface area contributed by atoms with E-state index in [0.29, 0.717) is 17.5 Å². The summed E-state index contributed by atoms with van der Waals surface area (Å²) in [6.45, 7) is 0. The van der Waals surface area contributed by atoms with Crippen molar-refractivity contribution in [3.63, 3.8) is 0 Å². The maximum absolute atomic E-state index is 7.00. The highest BCUT2D eigenvalue weighted by molar-refractivity contribution is 6.05. The standard InChI is InChI=1S/C54H33N3O/c1-3-16-34(17-4-1)36-20-15-21-38(32-36)52-55-51(35-18-5-2-6-19-35)56-53(57-52)42-24-8-7-22-39(42)37-30-31-41-40-23-9-12-27-45(40)54(47(41)33-37)46-28-13-10-25-43(46)49-44-26-11-14-29-48(44)58-50(49)54/h1-33H. The SMILES string of the molecule is c1ccc(-c2cccc(-c3nc(-c4ccccc4)nc(-c4ccccc4-c4ccc5c(c4)C4(c6ccccc6-5)c5ccccc5-c5c4oc4ccccc54)n3)c2)cc1. The molecule has 2 heterocycles. The van der Waals surface area contributed by atoms with Gasteiger partial charge in [0.25, 0.3) is 0 Å². The molecule has 58 heavy (non-hydrogen) atoms. The fourth-order valence-electron chi connectivity index (χ4n) is 9.45. The summed E-state index contributed by atoms with van der Waals surface area (Å²) in [6, 6.07) is 70.6. The molecule has 4 nitrogen and oxygen atoms in total. The molecular formula is C54H33N3O.